The van der Waals surface area contributed by atoms with Gasteiger partial charge < -0.3 is 14.8 Å². The molecule has 0 bridgehead atoms. The zero-order valence-corrected chi connectivity index (χ0v) is 14.3. The Labute approximate surface area is 125 Å². The predicted molar refractivity (Wildman–Crippen MR) is 81.2 cm³/mol. The van der Waals surface area contributed by atoms with Gasteiger partial charge in [0.05, 0.1) is 18.2 Å². The molecule has 3 nitrogen and oxygen atoms in total. The van der Waals surface area contributed by atoms with Crippen molar-refractivity contribution in [3.8, 4) is 5.75 Å². The molecule has 0 amide bonds. The Balaban J connectivity index is 2.84. The van der Waals surface area contributed by atoms with Crippen LogP contribution in [0.2, 0.25) is 0 Å². The Hall–Kier alpha value is -0.100. The Bertz CT molecular complexity index is 408. The summed E-state index contributed by atoms with van der Waals surface area (Å²) < 4.78 is 12.6. The largest absolute Gasteiger partial charge is 0.495 e. The number of benzene rings is 1. The maximum Gasteiger partial charge on any atom is 0.137 e. The van der Waals surface area contributed by atoms with Crippen molar-refractivity contribution in [3.63, 3.8) is 0 Å². The summed E-state index contributed by atoms with van der Waals surface area (Å²) >= 11 is 6.99. The van der Waals surface area contributed by atoms with Gasteiger partial charge in [0.2, 0.25) is 0 Å². The van der Waals surface area contributed by atoms with Crippen LogP contribution in [0, 0.1) is 0 Å². The molecule has 0 aromatic heterocycles. The lowest BCUT2D eigenvalue weighted by molar-refractivity contribution is 0.127. The van der Waals surface area contributed by atoms with Crippen LogP contribution in [0.15, 0.2) is 21.1 Å². The summed E-state index contributed by atoms with van der Waals surface area (Å²) in [7, 11) is 3.39. The first-order chi connectivity index (χ1) is 8.39. The Morgan fingerprint density at radius 3 is 2.44 bits per heavy atom. The summed E-state index contributed by atoms with van der Waals surface area (Å²) in [5.74, 6) is 0.860. The third-order valence-electron chi connectivity index (χ3n) is 2.55. The lowest BCUT2D eigenvalue weighted by Gasteiger charge is -2.26. The van der Waals surface area contributed by atoms with Crippen LogP contribution in [0.1, 0.15) is 19.4 Å². The molecule has 0 heterocycles. The molecule has 5 heteroatoms. The summed E-state index contributed by atoms with van der Waals surface area (Å²) in [4.78, 5) is 0. The van der Waals surface area contributed by atoms with Gasteiger partial charge in [0, 0.05) is 29.2 Å². The third kappa shape index (κ3) is 4.53. The van der Waals surface area contributed by atoms with Crippen LogP contribution in [0.3, 0.4) is 0 Å². The Morgan fingerprint density at radius 1 is 1.22 bits per heavy atom. The van der Waals surface area contributed by atoms with E-state index in [2.05, 4.69) is 57.1 Å². The number of methoxy groups -OCH3 is 2. The van der Waals surface area contributed by atoms with Gasteiger partial charge in [0.25, 0.3) is 0 Å². The molecule has 102 valence electrons. The van der Waals surface area contributed by atoms with Crippen LogP contribution in [-0.2, 0) is 11.3 Å². The standard InChI is InChI=1S/C13H19Br2NO2/c1-13(2,8-17-3)16-7-9-5-10(14)6-11(15)12(9)18-4/h5-6,16H,7-8H2,1-4H3. The van der Waals surface area contributed by atoms with E-state index in [4.69, 9.17) is 9.47 Å². The Kier molecular flexibility index (Phi) is 6.11. The van der Waals surface area contributed by atoms with E-state index in [9.17, 15) is 0 Å². The normalized spacial score (nSPS) is 11.7. The van der Waals surface area contributed by atoms with Gasteiger partial charge in [-0.25, -0.2) is 0 Å². The molecule has 18 heavy (non-hydrogen) atoms. The van der Waals surface area contributed by atoms with E-state index in [1.165, 1.54) is 0 Å². The number of hydrogen-bond acceptors (Lipinski definition) is 3. The average Bonchev–Trinajstić information content (AvgIpc) is 2.26. The highest BCUT2D eigenvalue weighted by Crippen LogP contribution is 2.32. The first-order valence-corrected chi connectivity index (χ1v) is 7.24. The first kappa shape index (κ1) is 16.0. The SMILES string of the molecule is COCC(C)(C)NCc1cc(Br)cc(Br)c1OC. The van der Waals surface area contributed by atoms with Crippen LogP contribution < -0.4 is 10.1 Å². The van der Waals surface area contributed by atoms with Gasteiger partial charge >= 0.3 is 0 Å². The second kappa shape index (κ2) is 6.89. The molecule has 1 aromatic rings. The van der Waals surface area contributed by atoms with Crippen molar-refractivity contribution in [2.24, 2.45) is 0 Å². The zero-order valence-electron chi connectivity index (χ0n) is 11.1. The number of rotatable bonds is 6. The molecular formula is C13H19Br2NO2. The van der Waals surface area contributed by atoms with Gasteiger partial charge in [-0.1, -0.05) is 15.9 Å². The van der Waals surface area contributed by atoms with Crippen molar-refractivity contribution in [2.45, 2.75) is 25.9 Å². The number of ether oxygens (including phenoxy) is 2. The maximum atomic E-state index is 5.42. The fraction of sp³-hybridized carbons (Fsp3) is 0.538. The zero-order chi connectivity index (χ0) is 13.8. The second-order valence-corrected chi connectivity index (χ2v) is 6.52. The quantitative estimate of drug-likeness (QED) is 0.815. The number of hydrogen-bond donors (Lipinski definition) is 1. The van der Waals surface area contributed by atoms with Crippen LogP contribution in [0.5, 0.6) is 5.75 Å². The molecular weight excluding hydrogens is 362 g/mol. The van der Waals surface area contributed by atoms with E-state index < -0.39 is 0 Å². The highest BCUT2D eigenvalue weighted by molar-refractivity contribution is 9.11. The van der Waals surface area contributed by atoms with Crippen molar-refractivity contribution >= 4 is 31.9 Å². The van der Waals surface area contributed by atoms with Crippen molar-refractivity contribution in [2.75, 3.05) is 20.8 Å². The molecule has 0 aliphatic carbocycles. The van der Waals surface area contributed by atoms with E-state index >= 15 is 0 Å². The lowest BCUT2D eigenvalue weighted by atomic mass is 10.1. The molecule has 0 aliphatic heterocycles. The van der Waals surface area contributed by atoms with Gasteiger partial charge in [-0.15, -0.1) is 0 Å². The van der Waals surface area contributed by atoms with Gasteiger partial charge in [-0.3, -0.25) is 0 Å². The summed E-state index contributed by atoms with van der Waals surface area (Å²) in [5.41, 5.74) is 1.03. The summed E-state index contributed by atoms with van der Waals surface area (Å²) in [6.45, 7) is 5.59. The molecule has 0 saturated carbocycles. The van der Waals surface area contributed by atoms with E-state index in [0.29, 0.717) is 6.61 Å². The monoisotopic (exact) mass is 379 g/mol. The minimum atomic E-state index is -0.0748. The summed E-state index contributed by atoms with van der Waals surface area (Å²) in [5, 5.41) is 3.46. The molecule has 0 radical (unpaired) electrons. The topological polar surface area (TPSA) is 30.5 Å². The fourth-order valence-corrected chi connectivity index (χ4v) is 3.20. The second-order valence-electron chi connectivity index (χ2n) is 4.75. The van der Waals surface area contributed by atoms with Crippen molar-refractivity contribution in [3.05, 3.63) is 26.6 Å². The molecule has 1 aromatic carbocycles. The summed E-state index contributed by atoms with van der Waals surface area (Å²) in [6.07, 6.45) is 0. The molecule has 0 spiro atoms. The molecule has 1 rings (SSSR count). The van der Waals surface area contributed by atoms with Crippen LogP contribution in [0.4, 0.5) is 0 Å². The van der Waals surface area contributed by atoms with E-state index in [1.54, 1.807) is 14.2 Å². The van der Waals surface area contributed by atoms with Crippen molar-refractivity contribution in [1.82, 2.24) is 5.32 Å². The third-order valence-corrected chi connectivity index (χ3v) is 3.60. The summed E-state index contributed by atoms with van der Waals surface area (Å²) in [6, 6.07) is 4.03. The number of nitrogens with one attached hydrogen (secondary N) is 1. The molecule has 1 N–H and O–H groups in total. The highest BCUT2D eigenvalue weighted by Gasteiger charge is 2.18. The molecule has 0 aliphatic rings. The Morgan fingerprint density at radius 2 is 1.89 bits per heavy atom. The fourth-order valence-electron chi connectivity index (χ4n) is 1.72. The minimum Gasteiger partial charge on any atom is -0.495 e. The first-order valence-electron chi connectivity index (χ1n) is 5.65. The minimum absolute atomic E-state index is 0.0748. The van der Waals surface area contributed by atoms with E-state index in [0.717, 1.165) is 26.8 Å². The van der Waals surface area contributed by atoms with Crippen LogP contribution in [-0.4, -0.2) is 26.4 Å². The van der Waals surface area contributed by atoms with E-state index in [-0.39, 0.29) is 5.54 Å². The highest BCUT2D eigenvalue weighted by atomic mass is 79.9. The maximum absolute atomic E-state index is 5.42. The van der Waals surface area contributed by atoms with Crippen molar-refractivity contribution < 1.29 is 9.47 Å². The lowest BCUT2D eigenvalue weighted by Crippen LogP contribution is -2.42. The van der Waals surface area contributed by atoms with Gasteiger partial charge in [0.15, 0.2) is 0 Å². The molecule has 0 atom stereocenters. The van der Waals surface area contributed by atoms with Crippen molar-refractivity contribution in [1.29, 1.82) is 0 Å². The van der Waals surface area contributed by atoms with Crippen LogP contribution >= 0.6 is 31.9 Å². The van der Waals surface area contributed by atoms with Crippen LogP contribution in [0.25, 0.3) is 0 Å². The number of halogens is 2. The molecule has 0 unspecified atom stereocenters. The van der Waals surface area contributed by atoms with Gasteiger partial charge in [0.1, 0.15) is 5.75 Å². The van der Waals surface area contributed by atoms with Gasteiger partial charge in [-0.2, -0.15) is 0 Å². The average molecular weight is 381 g/mol. The van der Waals surface area contributed by atoms with E-state index in [1.807, 2.05) is 6.07 Å². The molecule has 0 saturated heterocycles. The predicted octanol–water partition coefficient (Wildman–Crippen LogP) is 3.73. The molecule has 0 fully saturated rings. The smallest absolute Gasteiger partial charge is 0.137 e. The van der Waals surface area contributed by atoms with Gasteiger partial charge in [-0.05, 0) is 41.9 Å².